The Kier molecular flexibility index (Phi) is 6.97. The van der Waals surface area contributed by atoms with Gasteiger partial charge in [-0.1, -0.05) is 35.3 Å². The Balaban J connectivity index is 1.67. The molecule has 1 unspecified atom stereocenters. The Bertz CT molecular complexity index is 1350. The number of alkyl halides is 2. The number of hydrogen-bond acceptors (Lipinski definition) is 5. The maximum atomic E-state index is 12.6. The molecule has 2 aromatic carbocycles. The van der Waals surface area contributed by atoms with Gasteiger partial charge in [-0.05, 0) is 54.3 Å². The topological polar surface area (TPSA) is 86.5 Å². The fraction of sp³-hybridized carbons (Fsp3) is 0.174. The SMILES string of the molecule is Cc1c(Cc2ccc(-n3cc(Cl)cn3)cc2)cnc2c(Cl)ccc(OC(OC(F)F)C(=O)O)c12. The highest BCUT2D eigenvalue weighted by atomic mass is 35.5. The molecule has 1 atom stereocenters. The van der Waals surface area contributed by atoms with Crippen molar-refractivity contribution < 1.29 is 28.2 Å². The van der Waals surface area contributed by atoms with E-state index in [9.17, 15) is 18.7 Å². The van der Waals surface area contributed by atoms with Crippen LogP contribution in [0.2, 0.25) is 10.0 Å². The zero-order valence-electron chi connectivity index (χ0n) is 17.6. The number of carboxylic acid groups (broad SMARTS) is 1. The third-order valence-electron chi connectivity index (χ3n) is 5.11. The van der Waals surface area contributed by atoms with E-state index in [0.29, 0.717) is 32.9 Å². The molecule has 7 nitrogen and oxygen atoms in total. The van der Waals surface area contributed by atoms with Crippen molar-refractivity contribution in [3.8, 4) is 11.4 Å². The van der Waals surface area contributed by atoms with Gasteiger partial charge in [0, 0.05) is 17.8 Å². The molecule has 0 amide bonds. The summed E-state index contributed by atoms with van der Waals surface area (Å²) in [6, 6.07) is 10.5. The summed E-state index contributed by atoms with van der Waals surface area (Å²) in [6.45, 7) is -1.53. The molecule has 2 aromatic heterocycles. The van der Waals surface area contributed by atoms with Gasteiger partial charge in [0.1, 0.15) is 5.75 Å². The molecule has 34 heavy (non-hydrogen) atoms. The fourth-order valence-corrected chi connectivity index (χ4v) is 3.83. The highest BCUT2D eigenvalue weighted by molar-refractivity contribution is 6.35. The van der Waals surface area contributed by atoms with Crippen LogP contribution in [0.25, 0.3) is 16.6 Å². The normalized spacial score (nSPS) is 12.3. The third kappa shape index (κ3) is 5.11. The van der Waals surface area contributed by atoms with E-state index in [4.69, 9.17) is 27.9 Å². The number of carbonyl (C=O) groups is 1. The first-order valence-corrected chi connectivity index (χ1v) is 10.7. The molecular weight excluding hydrogens is 491 g/mol. The van der Waals surface area contributed by atoms with Crippen LogP contribution in [-0.2, 0) is 16.0 Å². The molecule has 0 aliphatic heterocycles. The molecule has 0 saturated carbocycles. The van der Waals surface area contributed by atoms with Crippen molar-refractivity contribution in [3.63, 3.8) is 0 Å². The largest absolute Gasteiger partial charge is 0.477 e. The van der Waals surface area contributed by atoms with Gasteiger partial charge in [0.05, 0.1) is 27.4 Å². The molecular formula is C23H17Cl2F2N3O4. The van der Waals surface area contributed by atoms with Gasteiger partial charge in [0.25, 0.3) is 0 Å². The number of pyridine rings is 1. The van der Waals surface area contributed by atoms with E-state index in [2.05, 4.69) is 14.8 Å². The summed E-state index contributed by atoms with van der Waals surface area (Å²) in [5.74, 6) is -1.67. The Morgan fingerprint density at radius 2 is 1.88 bits per heavy atom. The van der Waals surface area contributed by atoms with Crippen molar-refractivity contribution in [2.45, 2.75) is 26.2 Å². The highest BCUT2D eigenvalue weighted by Gasteiger charge is 2.26. The van der Waals surface area contributed by atoms with E-state index in [1.165, 1.54) is 12.1 Å². The zero-order valence-corrected chi connectivity index (χ0v) is 19.1. The second-order valence-electron chi connectivity index (χ2n) is 7.31. The lowest BCUT2D eigenvalue weighted by Gasteiger charge is -2.18. The van der Waals surface area contributed by atoms with Gasteiger partial charge < -0.3 is 9.84 Å². The predicted molar refractivity (Wildman–Crippen MR) is 122 cm³/mol. The van der Waals surface area contributed by atoms with Crippen molar-refractivity contribution in [2.75, 3.05) is 0 Å². The smallest absolute Gasteiger partial charge is 0.374 e. The summed E-state index contributed by atoms with van der Waals surface area (Å²) in [5.41, 5.74) is 3.70. The van der Waals surface area contributed by atoms with E-state index in [-0.39, 0.29) is 5.75 Å². The van der Waals surface area contributed by atoms with Crippen LogP contribution in [0.5, 0.6) is 5.75 Å². The standard InChI is InChI=1S/C23H17Cl2F2N3O4/c1-12-14(8-13-2-4-16(5-3-13)30-11-15(24)10-29-30)9-28-20-17(25)6-7-18(19(12)20)33-22(21(31)32)34-23(26)27/h2-7,9-11,22-23H,8H2,1H3,(H,31,32). The molecule has 2 heterocycles. The van der Waals surface area contributed by atoms with Crippen LogP contribution in [0.3, 0.4) is 0 Å². The molecule has 11 heteroatoms. The number of hydrogen-bond donors (Lipinski definition) is 1. The minimum atomic E-state index is -3.32. The maximum Gasteiger partial charge on any atom is 0.374 e. The average Bonchev–Trinajstić information content (AvgIpc) is 3.23. The molecule has 0 aliphatic rings. The van der Waals surface area contributed by atoms with Crippen LogP contribution in [0.4, 0.5) is 8.78 Å². The van der Waals surface area contributed by atoms with E-state index >= 15 is 0 Å². The lowest BCUT2D eigenvalue weighted by atomic mass is 9.98. The number of aromatic nitrogens is 3. The first-order chi connectivity index (χ1) is 16.2. The van der Waals surface area contributed by atoms with Crippen LogP contribution in [0, 0.1) is 6.92 Å². The van der Waals surface area contributed by atoms with E-state index in [1.54, 1.807) is 30.2 Å². The van der Waals surface area contributed by atoms with Crippen molar-refractivity contribution in [2.24, 2.45) is 0 Å². The van der Waals surface area contributed by atoms with Gasteiger partial charge in [-0.15, -0.1) is 0 Å². The summed E-state index contributed by atoms with van der Waals surface area (Å²) < 4.78 is 36.3. The number of rotatable bonds is 8. The Hall–Kier alpha value is -3.27. The molecule has 0 aliphatic carbocycles. The molecule has 1 N–H and O–H groups in total. The maximum absolute atomic E-state index is 12.6. The van der Waals surface area contributed by atoms with Gasteiger partial charge in [-0.3, -0.25) is 9.72 Å². The first-order valence-electron chi connectivity index (χ1n) is 9.92. The van der Waals surface area contributed by atoms with Gasteiger partial charge in [-0.25, -0.2) is 9.48 Å². The summed E-state index contributed by atoms with van der Waals surface area (Å²) in [5, 5.41) is 14.6. The van der Waals surface area contributed by atoms with Gasteiger partial charge >= 0.3 is 18.9 Å². The number of benzene rings is 2. The van der Waals surface area contributed by atoms with Crippen LogP contribution in [0.1, 0.15) is 16.7 Å². The second-order valence-corrected chi connectivity index (χ2v) is 8.15. The van der Waals surface area contributed by atoms with Crippen LogP contribution in [0.15, 0.2) is 55.0 Å². The van der Waals surface area contributed by atoms with Gasteiger partial charge in [0.15, 0.2) is 0 Å². The van der Waals surface area contributed by atoms with Crippen molar-refractivity contribution in [3.05, 3.63) is 81.7 Å². The number of fused-ring (bicyclic) bond motifs is 1. The second kappa shape index (κ2) is 9.92. The average molecular weight is 508 g/mol. The Morgan fingerprint density at radius 3 is 2.50 bits per heavy atom. The molecule has 0 spiro atoms. The monoisotopic (exact) mass is 507 g/mol. The lowest BCUT2D eigenvalue weighted by Crippen LogP contribution is -2.32. The minimum Gasteiger partial charge on any atom is -0.477 e. The number of aryl methyl sites for hydroxylation is 1. The van der Waals surface area contributed by atoms with Gasteiger partial charge in [-0.2, -0.15) is 13.9 Å². The summed E-state index contributed by atoms with van der Waals surface area (Å²) in [7, 11) is 0. The molecule has 0 bridgehead atoms. The molecule has 4 aromatic rings. The fourth-order valence-electron chi connectivity index (χ4n) is 3.49. The van der Waals surface area contributed by atoms with Crippen LogP contribution < -0.4 is 4.74 Å². The van der Waals surface area contributed by atoms with Crippen LogP contribution >= 0.6 is 23.2 Å². The minimum absolute atomic E-state index is 0.0187. The predicted octanol–water partition coefficient (Wildman–Crippen LogP) is 5.66. The van der Waals surface area contributed by atoms with E-state index in [0.717, 1.165) is 16.8 Å². The van der Waals surface area contributed by atoms with E-state index in [1.807, 2.05) is 24.3 Å². The summed E-state index contributed by atoms with van der Waals surface area (Å²) >= 11 is 12.2. The molecule has 4 rings (SSSR count). The molecule has 0 fully saturated rings. The first kappa shape index (κ1) is 23.9. The number of nitrogens with zero attached hydrogens (tertiary/aromatic N) is 3. The summed E-state index contributed by atoms with van der Waals surface area (Å²) in [4.78, 5) is 15.7. The number of ether oxygens (including phenoxy) is 2. The van der Waals surface area contributed by atoms with Crippen molar-refractivity contribution in [1.82, 2.24) is 14.8 Å². The van der Waals surface area contributed by atoms with Crippen molar-refractivity contribution >= 4 is 40.1 Å². The highest BCUT2D eigenvalue weighted by Crippen LogP contribution is 2.35. The van der Waals surface area contributed by atoms with Crippen molar-refractivity contribution in [1.29, 1.82) is 0 Å². The zero-order chi connectivity index (χ0) is 24.4. The van der Waals surface area contributed by atoms with E-state index < -0.39 is 18.9 Å². The number of halogens is 4. The third-order valence-corrected chi connectivity index (χ3v) is 5.61. The molecule has 0 radical (unpaired) electrons. The molecule has 176 valence electrons. The van der Waals surface area contributed by atoms with Crippen LogP contribution in [-0.4, -0.2) is 38.7 Å². The van der Waals surface area contributed by atoms with Gasteiger partial charge in [0.2, 0.25) is 0 Å². The number of carboxylic acids is 1. The Labute approximate surface area is 202 Å². The Morgan fingerprint density at radius 1 is 1.15 bits per heavy atom. The molecule has 0 saturated heterocycles. The lowest BCUT2D eigenvalue weighted by molar-refractivity contribution is -0.226. The quantitative estimate of drug-likeness (QED) is 0.310. The summed E-state index contributed by atoms with van der Waals surface area (Å²) in [6.07, 6.45) is 3.21. The number of aliphatic carboxylic acids is 1.